The molecule has 2 amide bonds. The van der Waals surface area contributed by atoms with Gasteiger partial charge in [0, 0.05) is 24.3 Å². The van der Waals surface area contributed by atoms with Crippen molar-refractivity contribution in [2.75, 3.05) is 16.8 Å². The lowest BCUT2D eigenvalue weighted by molar-refractivity contribution is -0.122. The van der Waals surface area contributed by atoms with E-state index < -0.39 is 0 Å². The molecular formula is C27H28N2O3. The van der Waals surface area contributed by atoms with Gasteiger partial charge in [-0.05, 0) is 80.3 Å². The lowest BCUT2D eigenvalue weighted by Gasteiger charge is -2.21. The molecule has 164 valence electrons. The molecule has 1 aliphatic heterocycles. The summed E-state index contributed by atoms with van der Waals surface area (Å²) in [5.41, 5.74) is 5.95. The minimum absolute atomic E-state index is 0.0141. The summed E-state index contributed by atoms with van der Waals surface area (Å²) >= 11 is 0. The predicted molar refractivity (Wildman–Crippen MR) is 127 cm³/mol. The SMILES string of the molecule is Cc1cccc(Oc2ccc(NC(=O)[C@H]3CC(=O)N(c4c(C)cccc4C)C3)cc2)c1C. The first-order valence-electron chi connectivity index (χ1n) is 10.8. The van der Waals surface area contributed by atoms with E-state index in [-0.39, 0.29) is 24.2 Å². The van der Waals surface area contributed by atoms with Gasteiger partial charge < -0.3 is 15.0 Å². The average molecular weight is 429 g/mol. The first-order chi connectivity index (χ1) is 15.3. The van der Waals surface area contributed by atoms with Crippen molar-refractivity contribution < 1.29 is 14.3 Å². The van der Waals surface area contributed by atoms with Gasteiger partial charge in [0.2, 0.25) is 11.8 Å². The van der Waals surface area contributed by atoms with Crippen molar-refractivity contribution in [2.24, 2.45) is 5.92 Å². The number of amides is 2. The van der Waals surface area contributed by atoms with E-state index >= 15 is 0 Å². The molecule has 0 aromatic heterocycles. The van der Waals surface area contributed by atoms with Gasteiger partial charge in [-0.15, -0.1) is 0 Å². The molecule has 1 aliphatic rings. The Morgan fingerprint density at radius 2 is 1.53 bits per heavy atom. The molecule has 32 heavy (non-hydrogen) atoms. The topological polar surface area (TPSA) is 58.6 Å². The van der Waals surface area contributed by atoms with Crippen LogP contribution in [0, 0.1) is 33.6 Å². The van der Waals surface area contributed by atoms with E-state index in [1.165, 1.54) is 5.56 Å². The summed E-state index contributed by atoms with van der Waals surface area (Å²) in [5.74, 6) is 0.981. The number of rotatable bonds is 5. The highest BCUT2D eigenvalue weighted by molar-refractivity contribution is 6.04. The Morgan fingerprint density at radius 3 is 2.22 bits per heavy atom. The van der Waals surface area contributed by atoms with E-state index in [2.05, 4.69) is 18.3 Å². The highest BCUT2D eigenvalue weighted by atomic mass is 16.5. The van der Waals surface area contributed by atoms with E-state index in [4.69, 9.17) is 4.74 Å². The summed E-state index contributed by atoms with van der Waals surface area (Å²) < 4.78 is 5.99. The smallest absolute Gasteiger partial charge is 0.229 e. The standard InChI is InChI=1S/C27H28N2O3/c1-17-7-6-10-24(20(17)4)32-23-13-11-22(12-14-23)28-27(31)21-15-25(30)29(16-21)26-18(2)8-5-9-19(26)3/h5-14,21H,15-16H2,1-4H3,(H,28,31)/t21-/m0/s1. The maximum absolute atomic E-state index is 12.8. The fourth-order valence-electron chi connectivity index (χ4n) is 4.14. The number of hydrogen-bond donors (Lipinski definition) is 1. The van der Waals surface area contributed by atoms with Crippen LogP contribution < -0.4 is 15.0 Å². The van der Waals surface area contributed by atoms with Crippen molar-refractivity contribution >= 4 is 23.2 Å². The first-order valence-corrected chi connectivity index (χ1v) is 10.8. The van der Waals surface area contributed by atoms with Gasteiger partial charge in [0.25, 0.3) is 0 Å². The average Bonchev–Trinajstić information content (AvgIpc) is 3.14. The van der Waals surface area contributed by atoms with Crippen molar-refractivity contribution in [2.45, 2.75) is 34.1 Å². The van der Waals surface area contributed by atoms with E-state index in [9.17, 15) is 9.59 Å². The second-order valence-electron chi connectivity index (χ2n) is 8.46. The van der Waals surface area contributed by atoms with E-state index in [1.807, 2.05) is 75.4 Å². The van der Waals surface area contributed by atoms with Crippen LogP contribution in [0.4, 0.5) is 11.4 Å². The number of anilines is 2. The molecule has 1 atom stereocenters. The highest BCUT2D eigenvalue weighted by Gasteiger charge is 2.36. The van der Waals surface area contributed by atoms with Crippen molar-refractivity contribution in [1.29, 1.82) is 0 Å². The molecule has 0 spiro atoms. The van der Waals surface area contributed by atoms with E-state index in [0.717, 1.165) is 28.1 Å². The molecule has 5 heteroatoms. The second kappa shape index (κ2) is 8.87. The highest BCUT2D eigenvalue weighted by Crippen LogP contribution is 2.32. The molecule has 3 aromatic carbocycles. The molecule has 0 radical (unpaired) electrons. The molecule has 4 rings (SSSR count). The summed E-state index contributed by atoms with van der Waals surface area (Å²) in [6.07, 6.45) is 0.216. The number of para-hydroxylation sites is 1. The third kappa shape index (κ3) is 4.37. The van der Waals surface area contributed by atoms with Gasteiger partial charge in [0.15, 0.2) is 0 Å². The van der Waals surface area contributed by atoms with E-state index in [1.54, 1.807) is 4.90 Å². The molecule has 3 aromatic rings. The minimum atomic E-state index is -0.382. The van der Waals surface area contributed by atoms with Gasteiger partial charge in [0.05, 0.1) is 5.92 Å². The van der Waals surface area contributed by atoms with Crippen LogP contribution in [-0.4, -0.2) is 18.4 Å². The number of hydrogen-bond acceptors (Lipinski definition) is 3. The summed E-state index contributed by atoms with van der Waals surface area (Å²) in [4.78, 5) is 27.2. The number of aryl methyl sites for hydroxylation is 3. The fraction of sp³-hybridized carbons (Fsp3) is 0.259. The lowest BCUT2D eigenvalue weighted by atomic mass is 10.1. The number of ether oxygens (including phenoxy) is 1. The van der Waals surface area contributed by atoms with Crippen LogP contribution in [0.2, 0.25) is 0 Å². The van der Waals surface area contributed by atoms with Crippen molar-refractivity contribution in [3.8, 4) is 11.5 Å². The zero-order valence-electron chi connectivity index (χ0n) is 18.9. The van der Waals surface area contributed by atoms with Crippen LogP contribution in [0.5, 0.6) is 11.5 Å². The first kappa shape index (κ1) is 21.6. The normalized spacial score (nSPS) is 15.7. The fourth-order valence-corrected chi connectivity index (χ4v) is 4.14. The predicted octanol–water partition coefficient (Wildman–Crippen LogP) is 5.70. The molecule has 0 saturated carbocycles. The Bertz CT molecular complexity index is 1150. The molecule has 1 heterocycles. The number of carbonyl (C=O) groups is 2. The molecule has 0 aliphatic carbocycles. The minimum Gasteiger partial charge on any atom is -0.457 e. The van der Waals surface area contributed by atoms with Crippen LogP contribution in [-0.2, 0) is 9.59 Å². The summed E-state index contributed by atoms with van der Waals surface area (Å²) in [6.45, 7) is 8.46. The number of nitrogens with zero attached hydrogens (tertiary/aromatic N) is 1. The summed E-state index contributed by atoms with van der Waals surface area (Å²) in [6, 6.07) is 19.2. The Kier molecular flexibility index (Phi) is 5.99. The molecular weight excluding hydrogens is 400 g/mol. The number of nitrogens with one attached hydrogen (secondary N) is 1. The summed E-state index contributed by atoms with van der Waals surface area (Å²) in [7, 11) is 0. The molecule has 1 saturated heterocycles. The lowest BCUT2D eigenvalue weighted by Crippen LogP contribution is -2.29. The van der Waals surface area contributed by atoms with Crippen LogP contribution in [0.15, 0.2) is 60.7 Å². The molecule has 0 bridgehead atoms. The Labute approximate surface area is 189 Å². The molecule has 1 fully saturated rings. The van der Waals surface area contributed by atoms with Gasteiger partial charge in [-0.3, -0.25) is 9.59 Å². The van der Waals surface area contributed by atoms with Crippen molar-refractivity contribution in [3.05, 3.63) is 82.9 Å². The molecule has 1 N–H and O–H groups in total. The largest absolute Gasteiger partial charge is 0.457 e. The zero-order chi connectivity index (χ0) is 22.8. The number of carbonyl (C=O) groups excluding carboxylic acids is 2. The van der Waals surface area contributed by atoms with Gasteiger partial charge in [0.1, 0.15) is 11.5 Å². The van der Waals surface area contributed by atoms with Crippen LogP contribution in [0.25, 0.3) is 0 Å². The Balaban J connectivity index is 1.41. The van der Waals surface area contributed by atoms with Crippen LogP contribution in [0.3, 0.4) is 0 Å². The van der Waals surface area contributed by atoms with Crippen molar-refractivity contribution in [1.82, 2.24) is 0 Å². The van der Waals surface area contributed by atoms with Crippen LogP contribution in [0.1, 0.15) is 28.7 Å². The van der Waals surface area contributed by atoms with Gasteiger partial charge in [-0.1, -0.05) is 30.3 Å². The zero-order valence-corrected chi connectivity index (χ0v) is 18.9. The maximum Gasteiger partial charge on any atom is 0.229 e. The third-order valence-electron chi connectivity index (χ3n) is 6.11. The maximum atomic E-state index is 12.8. The van der Waals surface area contributed by atoms with E-state index in [0.29, 0.717) is 18.0 Å². The quantitative estimate of drug-likeness (QED) is 0.567. The van der Waals surface area contributed by atoms with Crippen LogP contribution >= 0.6 is 0 Å². The van der Waals surface area contributed by atoms with Gasteiger partial charge >= 0.3 is 0 Å². The Morgan fingerprint density at radius 1 is 0.906 bits per heavy atom. The summed E-state index contributed by atoms with van der Waals surface area (Å²) in [5, 5.41) is 2.94. The monoisotopic (exact) mass is 428 g/mol. The van der Waals surface area contributed by atoms with Gasteiger partial charge in [-0.2, -0.15) is 0 Å². The number of benzene rings is 3. The third-order valence-corrected chi connectivity index (χ3v) is 6.11. The second-order valence-corrected chi connectivity index (χ2v) is 8.46. The van der Waals surface area contributed by atoms with Crippen molar-refractivity contribution in [3.63, 3.8) is 0 Å². The van der Waals surface area contributed by atoms with Gasteiger partial charge in [-0.25, -0.2) is 0 Å². The molecule has 0 unspecified atom stereocenters. The Hall–Kier alpha value is -3.60. The molecule has 5 nitrogen and oxygen atoms in total.